The molecule has 0 bridgehead atoms. The van der Waals surface area contributed by atoms with Gasteiger partial charge in [0.15, 0.2) is 0 Å². The number of fused-ring (bicyclic) bond motifs is 1. The fourth-order valence-corrected chi connectivity index (χ4v) is 5.01. The number of anilines is 1. The summed E-state index contributed by atoms with van der Waals surface area (Å²) in [6, 6.07) is 17.4. The first kappa shape index (κ1) is 21.0. The van der Waals surface area contributed by atoms with Crippen LogP contribution in [0.15, 0.2) is 48.5 Å². The smallest absolute Gasteiger partial charge is 0.226 e. The lowest BCUT2D eigenvalue weighted by Gasteiger charge is -2.34. The monoisotopic (exact) mass is 431 g/mol. The molecule has 32 heavy (non-hydrogen) atoms. The molecule has 3 aromatic rings. The average Bonchev–Trinajstić information content (AvgIpc) is 3.48. The first-order valence-electron chi connectivity index (χ1n) is 11.9. The van der Waals surface area contributed by atoms with Crippen LogP contribution in [-0.4, -0.2) is 52.6 Å². The van der Waals surface area contributed by atoms with Gasteiger partial charge in [-0.15, -0.1) is 0 Å². The lowest BCUT2D eigenvalue weighted by molar-refractivity contribution is -0.129. The number of aromatic nitrogens is 2. The van der Waals surface area contributed by atoms with Crippen LogP contribution in [0.2, 0.25) is 0 Å². The molecule has 2 saturated heterocycles. The zero-order valence-electron chi connectivity index (χ0n) is 19.0. The number of imidazole rings is 1. The molecule has 2 aliphatic heterocycles. The third-order valence-electron chi connectivity index (χ3n) is 7.04. The number of nitrogens with one attached hydrogen (secondary N) is 1. The predicted octanol–water partition coefficient (Wildman–Crippen LogP) is 3.50. The first-order valence-corrected chi connectivity index (χ1v) is 11.9. The molecule has 2 aromatic carbocycles. The molecule has 1 aromatic heterocycles. The summed E-state index contributed by atoms with van der Waals surface area (Å²) in [6.07, 6.45) is 5.06. The van der Waals surface area contributed by atoms with E-state index in [0.717, 1.165) is 75.3 Å². The fraction of sp³-hybridized carbons (Fsp3) is 0.462. The van der Waals surface area contributed by atoms with Crippen molar-refractivity contribution in [3.63, 3.8) is 0 Å². The van der Waals surface area contributed by atoms with Crippen LogP contribution in [0.4, 0.5) is 5.69 Å². The Bertz CT molecular complexity index is 1060. The number of carbonyl (C=O) groups excluding carboxylic acids is 1. The average molecular weight is 432 g/mol. The Balaban J connectivity index is 1.11. The van der Waals surface area contributed by atoms with E-state index in [1.807, 2.05) is 11.0 Å². The maximum atomic E-state index is 12.4. The van der Waals surface area contributed by atoms with E-state index in [-0.39, 0.29) is 5.91 Å². The minimum atomic E-state index is 0.266. The topological polar surface area (TPSA) is 53.4 Å². The first-order chi connectivity index (χ1) is 15.7. The SMILES string of the molecule is Cn1c(CNC2CCN(c3ccc(CC(=O)N4CCCC4)cc3)CC2)nc2ccccc21. The molecule has 168 valence electrons. The summed E-state index contributed by atoms with van der Waals surface area (Å²) >= 11 is 0. The second-order valence-electron chi connectivity index (χ2n) is 9.15. The number of hydrogen-bond donors (Lipinski definition) is 1. The van der Waals surface area contributed by atoms with Gasteiger partial charge in [0.25, 0.3) is 0 Å². The second kappa shape index (κ2) is 9.33. The number of hydrogen-bond acceptors (Lipinski definition) is 4. The van der Waals surface area contributed by atoms with Gasteiger partial charge in [-0.1, -0.05) is 24.3 Å². The number of nitrogens with zero attached hydrogens (tertiary/aromatic N) is 4. The van der Waals surface area contributed by atoms with E-state index in [2.05, 4.69) is 64.3 Å². The van der Waals surface area contributed by atoms with Crippen molar-refractivity contribution in [2.24, 2.45) is 7.05 Å². The van der Waals surface area contributed by atoms with Crippen molar-refractivity contribution in [1.82, 2.24) is 19.8 Å². The van der Waals surface area contributed by atoms with Crippen molar-refractivity contribution in [2.75, 3.05) is 31.1 Å². The Labute approximate surface area is 190 Å². The second-order valence-corrected chi connectivity index (χ2v) is 9.15. The predicted molar refractivity (Wildman–Crippen MR) is 129 cm³/mol. The van der Waals surface area contributed by atoms with Gasteiger partial charge in [-0.2, -0.15) is 0 Å². The maximum Gasteiger partial charge on any atom is 0.226 e. The molecule has 0 spiro atoms. The Morgan fingerprint density at radius 1 is 1.00 bits per heavy atom. The summed E-state index contributed by atoms with van der Waals surface area (Å²) in [5.74, 6) is 1.36. The number of carbonyl (C=O) groups is 1. The van der Waals surface area contributed by atoms with Crippen LogP contribution in [-0.2, 0) is 24.8 Å². The van der Waals surface area contributed by atoms with Crippen LogP contribution >= 0.6 is 0 Å². The summed E-state index contributed by atoms with van der Waals surface area (Å²) in [5, 5.41) is 3.72. The molecule has 1 amide bonds. The number of benzene rings is 2. The highest BCUT2D eigenvalue weighted by atomic mass is 16.2. The zero-order valence-corrected chi connectivity index (χ0v) is 19.0. The molecule has 1 N–H and O–H groups in total. The molecule has 2 fully saturated rings. The highest BCUT2D eigenvalue weighted by molar-refractivity contribution is 5.79. The summed E-state index contributed by atoms with van der Waals surface area (Å²) in [5.41, 5.74) is 4.62. The Kier molecular flexibility index (Phi) is 6.12. The molecular weight excluding hydrogens is 398 g/mol. The van der Waals surface area contributed by atoms with Gasteiger partial charge in [0.1, 0.15) is 5.82 Å². The van der Waals surface area contributed by atoms with Crippen molar-refractivity contribution in [3.8, 4) is 0 Å². The number of likely N-dealkylation sites (tertiary alicyclic amines) is 1. The maximum absolute atomic E-state index is 12.4. The van der Waals surface area contributed by atoms with Gasteiger partial charge in [-0.3, -0.25) is 4.79 Å². The van der Waals surface area contributed by atoms with E-state index in [0.29, 0.717) is 12.5 Å². The van der Waals surface area contributed by atoms with E-state index in [1.54, 1.807) is 0 Å². The Morgan fingerprint density at radius 2 is 1.72 bits per heavy atom. The van der Waals surface area contributed by atoms with Gasteiger partial charge in [-0.05, 0) is 55.5 Å². The van der Waals surface area contributed by atoms with Crippen molar-refractivity contribution >= 4 is 22.6 Å². The van der Waals surface area contributed by atoms with Gasteiger partial charge in [-0.25, -0.2) is 4.98 Å². The molecule has 0 unspecified atom stereocenters. The van der Waals surface area contributed by atoms with E-state index in [4.69, 9.17) is 4.98 Å². The van der Waals surface area contributed by atoms with Crippen LogP contribution in [0.5, 0.6) is 0 Å². The largest absolute Gasteiger partial charge is 0.371 e. The van der Waals surface area contributed by atoms with Crippen molar-refractivity contribution in [2.45, 2.75) is 44.7 Å². The number of amides is 1. The van der Waals surface area contributed by atoms with Gasteiger partial charge in [0, 0.05) is 45.0 Å². The molecule has 0 radical (unpaired) electrons. The van der Waals surface area contributed by atoms with E-state index in [9.17, 15) is 4.79 Å². The fourth-order valence-electron chi connectivity index (χ4n) is 5.01. The molecular formula is C26H33N5O. The van der Waals surface area contributed by atoms with E-state index >= 15 is 0 Å². The molecule has 3 heterocycles. The van der Waals surface area contributed by atoms with Crippen molar-refractivity contribution in [3.05, 3.63) is 59.9 Å². The number of rotatable bonds is 6. The summed E-state index contributed by atoms with van der Waals surface area (Å²) in [6.45, 7) is 4.75. The minimum Gasteiger partial charge on any atom is -0.371 e. The molecule has 0 aliphatic carbocycles. The van der Waals surface area contributed by atoms with Gasteiger partial charge in [0.05, 0.1) is 24.0 Å². The van der Waals surface area contributed by atoms with Gasteiger partial charge in [0.2, 0.25) is 5.91 Å². The van der Waals surface area contributed by atoms with Crippen molar-refractivity contribution in [1.29, 1.82) is 0 Å². The Morgan fingerprint density at radius 3 is 2.44 bits per heavy atom. The molecule has 0 atom stereocenters. The molecule has 0 saturated carbocycles. The van der Waals surface area contributed by atoms with Crippen LogP contribution in [0, 0.1) is 0 Å². The summed E-state index contributed by atoms with van der Waals surface area (Å²) in [7, 11) is 2.09. The molecule has 6 heteroatoms. The summed E-state index contributed by atoms with van der Waals surface area (Å²) in [4.78, 5) is 21.6. The van der Waals surface area contributed by atoms with E-state index < -0.39 is 0 Å². The number of aryl methyl sites for hydroxylation is 1. The van der Waals surface area contributed by atoms with Crippen LogP contribution in [0.1, 0.15) is 37.1 Å². The molecule has 5 rings (SSSR count). The quantitative estimate of drug-likeness (QED) is 0.649. The lowest BCUT2D eigenvalue weighted by atomic mass is 10.0. The highest BCUT2D eigenvalue weighted by Crippen LogP contribution is 2.22. The normalized spacial score (nSPS) is 17.4. The zero-order chi connectivity index (χ0) is 21.9. The standard InChI is InChI=1S/C26H33N5O/c1-29-24-7-3-2-6-23(24)28-25(29)19-27-21-12-16-30(17-13-21)22-10-8-20(9-11-22)18-26(32)31-14-4-5-15-31/h2-3,6-11,21,27H,4-5,12-19H2,1H3. The number of piperidine rings is 1. The lowest BCUT2D eigenvalue weighted by Crippen LogP contribution is -2.42. The minimum absolute atomic E-state index is 0.266. The third-order valence-corrected chi connectivity index (χ3v) is 7.04. The number of para-hydroxylation sites is 2. The van der Waals surface area contributed by atoms with Gasteiger partial charge < -0.3 is 19.7 Å². The Hall–Kier alpha value is -2.86. The van der Waals surface area contributed by atoms with E-state index in [1.165, 1.54) is 11.2 Å². The van der Waals surface area contributed by atoms with Crippen LogP contribution < -0.4 is 10.2 Å². The van der Waals surface area contributed by atoms with Gasteiger partial charge >= 0.3 is 0 Å². The van der Waals surface area contributed by atoms with Crippen molar-refractivity contribution < 1.29 is 4.79 Å². The van der Waals surface area contributed by atoms with Crippen LogP contribution in [0.25, 0.3) is 11.0 Å². The molecule has 2 aliphatic rings. The summed E-state index contributed by atoms with van der Waals surface area (Å²) < 4.78 is 2.19. The molecule has 6 nitrogen and oxygen atoms in total. The highest BCUT2D eigenvalue weighted by Gasteiger charge is 2.21. The third kappa shape index (κ3) is 4.51. The van der Waals surface area contributed by atoms with Crippen LogP contribution in [0.3, 0.4) is 0 Å².